The van der Waals surface area contributed by atoms with Crippen LogP contribution in [0.5, 0.6) is 0 Å². The first-order valence-corrected chi connectivity index (χ1v) is 9.34. The first-order valence-electron chi connectivity index (χ1n) is 9.34. The molecule has 3 heterocycles. The summed E-state index contributed by atoms with van der Waals surface area (Å²) in [5.41, 5.74) is 2.16. The van der Waals surface area contributed by atoms with E-state index in [1.165, 1.54) is 5.69 Å². The number of methoxy groups -OCH3 is 1. The van der Waals surface area contributed by atoms with E-state index in [1.807, 2.05) is 23.2 Å². The number of hydrogen-bond acceptors (Lipinski definition) is 4. The van der Waals surface area contributed by atoms with Crippen LogP contribution >= 0.6 is 0 Å². The smallest absolute Gasteiger partial charge is 0.227 e. The van der Waals surface area contributed by atoms with E-state index < -0.39 is 0 Å². The molecule has 0 aromatic carbocycles. The molecule has 0 N–H and O–H groups in total. The number of carbonyl (C=O) groups excluding carboxylic acids is 1. The lowest BCUT2D eigenvalue weighted by molar-refractivity contribution is -0.131. The quantitative estimate of drug-likeness (QED) is 0.763. The summed E-state index contributed by atoms with van der Waals surface area (Å²) in [6, 6.07) is 3.84. The maximum atomic E-state index is 12.5. The molecule has 26 heavy (non-hydrogen) atoms. The van der Waals surface area contributed by atoms with Crippen LogP contribution in [-0.4, -0.2) is 52.1 Å². The van der Waals surface area contributed by atoms with Crippen LogP contribution in [0.4, 0.5) is 0 Å². The molecule has 0 atom stereocenters. The van der Waals surface area contributed by atoms with Crippen molar-refractivity contribution >= 4 is 5.91 Å². The highest BCUT2D eigenvalue weighted by Crippen LogP contribution is 2.22. The predicted octanol–water partition coefficient (Wildman–Crippen LogP) is 2.26. The van der Waals surface area contributed by atoms with Crippen LogP contribution in [0.1, 0.15) is 29.9 Å². The summed E-state index contributed by atoms with van der Waals surface area (Å²) < 4.78 is 7.46. The molecular weight excluding hydrogens is 328 g/mol. The van der Waals surface area contributed by atoms with Crippen LogP contribution < -0.4 is 0 Å². The largest absolute Gasteiger partial charge is 0.383 e. The lowest BCUT2D eigenvalue weighted by Crippen LogP contribution is -2.39. The summed E-state index contributed by atoms with van der Waals surface area (Å²) in [6.45, 7) is 5.31. The number of aromatic nitrogens is 3. The van der Waals surface area contributed by atoms with Crippen LogP contribution in [0, 0.1) is 12.8 Å². The molecule has 1 amide bonds. The lowest BCUT2D eigenvalue weighted by atomic mass is 9.93. The molecule has 140 valence electrons. The standard InChI is InChI=1S/C20H28N4O2/c1-16-14-22-19(24(16)10-11-26-2)12-17-5-8-23(9-6-17)20(25)13-18-4-3-7-21-15-18/h3-4,7,14-15,17H,5-6,8-13H2,1-2H3. The number of carbonyl (C=O) groups is 1. The Hall–Kier alpha value is -2.21. The second-order valence-electron chi connectivity index (χ2n) is 7.03. The monoisotopic (exact) mass is 356 g/mol. The Morgan fingerprint density at radius 1 is 1.31 bits per heavy atom. The number of amides is 1. The van der Waals surface area contributed by atoms with Gasteiger partial charge < -0.3 is 14.2 Å². The molecule has 6 heteroatoms. The topological polar surface area (TPSA) is 60.2 Å². The summed E-state index contributed by atoms with van der Waals surface area (Å²) in [5, 5.41) is 0. The van der Waals surface area contributed by atoms with Crippen molar-refractivity contribution in [1.82, 2.24) is 19.4 Å². The van der Waals surface area contributed by atoms with Crippen molar-refractivity contribution in [2.45, 2.75) is 39.2 Å². The zero-order valence-corrected chi connectivity index (χ0v) is 15.7. The minimum atomic E-state index is 0.203. The highest BCUT2D eigenvalue weighted by molar-refractivity contribution is 5.78. The minimum Gasteiger partial charge on any atom is -0.383 e. The molecule has 0 bridgehead atoms. The summed E-state index contributed by atoms with van der Waals surface area (Å²) in [6.07, 6.45) is 8.94. The predicted molar refractivity (Wildman–Crippen MR) is 99.8 cm³/mol. The number of piperidine rings is 1. The molecule has 0 aliphatic carbocycles. The van der Waals surface area contributed by atoms with Crippen molar-refractivity contribution in [3.8, 4) is 0 Å². The van der Waals surface area contributed by atoms with E-state index in [-0.39, 0.29) is 5.91 Å². The molecule has 3 rings (SSSR count). The first kappa shape index (κ1) is 18.6. The van der Waals surface area contributed by atoms with Gasteiger partial charge in [0.2, 0.25) is 5.91 Å². The van der Waals surface area contributed by atoms with E-state index in [2.05, 4.69) is 21.5 Å². The van der Waals surface area contributed by atoms with Crippen molar-refractivity contribution in [2.75, 3.05) is 26.8 Å². The van der Waals surface area contributed by atoms with Gasteiger partial charge in [0, 0.05) is 57.4 Å². The maximum absolute atomic E-state index is 12.5. The van der Waals surface area contributed by atoms with Gasteiger partial charge in [-0.3, -0.25) is 9.78 Å². The number of pyridine rings is 1. The molecule has 1 aliphatic heterocycles. The van der Waals surface area contributed by atoms with Gasteiger partial charge in [0.25, 0.3) is 0 Å². The average molecular weight is 356 g/mol. The molecule has 1 fully saturated rings. The highest BCUT2D eigenvalue weighted by atomic mass is 16.5. The maximum Gasteiger partial charge on any atom is 0.227 e. The van der Waals surface area contributed by atoms with Crippen LogP contribution in [0.15, 0.2) is 30.7 Å². The number of likely N-dealkylation sites (tertiary alicyclic amines) is 1. The van der Waals surface area contributed by atoms with E-state index in [9.17, 15) is 4.79 Å². The van der Waals surface area contributed by atoms with Gasteiger partial charge in [0.05, 0.1) is 13.0 Å². The second-order valence-corrected chi connectivity index (χ2v) is 7.03. The summed E-state index contributed by atoms with van der Waals surface area (Å²) in [7, 11) is 1.73. The summed E-state index contributed by atoms with van der Waals surface area (Å²) in [4.78, 5) is 23.1. The van der Waals surface area contributed by atoms with E-state index >= 15 is 0 Å². The van der Waals surface area contributed by atoms with Gasteiger partial charge in [0.15, 0.2) is 0 Å². The molecule has 2 aromatic heterocycles. The van der Waals surface area contributed by atoms with Crippen LogP contribution in [0.2, 0.25) is 0 Å². The van der Waals surface area contributed by atoms with Crippen molar-refractivity contribution in [3.63, 3.8) is 0 Å². The third-order valence-electron chi connectivity index (χ3n) is 5.17. The highest BCUT2D eigenvalue weighted by Gasteiger charge is 2.24. The lowest BCUT2D eigenvalue weighted by Gasteiger charge is -2.32. The third kappa shape index (κ3) is 4.69. The Kier molecular flexibility index (Phi) is 6.39. The Bertz CT molecular complexity index is 706. The van der Waals surface area contributed by atoms with Gasteiger partial charge in [-0.05, 0) is 37.3 Å². The number of imidazole rings is 1. The minimum absolute atomic E-state index is 0.203. The fourth-order valence-corrected chi connectivity index (χ4v) is 3.60. The van der Waals surface area contributed by atoms with Gasteiger partial charge in [-0.1, -0.05) is 6.07 Å². The van der Waals surface area contributed by atoms with Gasteiger partial charge >= 0.3 is 0 Å². The number of nitrogens with zero attached hydrogens (tertiary/aromatic N) is 4. The molecule has 0 spiro atoms. The van der Waals surface area contributed by atoms with Crippen molar-refractivity contribution < 1.29 is 9.53 Å². The first-order chi connectivity index (χ1) is 12.7. The molecular formula is C20H28N4O2. The normalized spacial score (nSPS) is 15.4. The fraction of sp³-hybridized carbons (Fsp3) is 0.550. The zero-order valence-electron chi connectivity index (χ0n) is 15.7. The van der Waals surface area contributed by atoms with Crippen LogP contribution in [0.25, 0.3) is 0 Å². The van der Waals surface area contributed by atoms with E-state index in [0.29, 0.717) is 18.9 Å². The number of ether oxygens (including phenoxy) is 1. The molecule has 2 aromatic rings. The van der Waals surface area contributed by atoms with Crippen molar-refractivity contribution in [1.29, 1.82) is 0 Å². The van der Waals surface area contributed by atoms with Crippen molar-refractivity contribution in [3.05, 3.63) is 47.8 Å². The fourth-order valence-electron chi connectivity index (χ4n) is 3.60. The van der Waals surface area contributed by atoms with Crippen LogP contribution in [-0.2, 0) is 28.9 Å². The average Bonchev–Trinajstić information content (AvgIpc) is 3.01. The van der Waals surface area contributed by atoms with E-state index in [0.717, 1.165) is 50.3 Å². The summed E-state index contributed by atoms with van der Waals surface area (Å²) in [5.74, 6) is 1.93. The summed E-state index contributed by atoms with van der Waals surface area (Å²) >= 11 is 0. The molecule has 1 saturated heterocycles. The number of hydrogen-bond donors (Lipinski definition) is 0. The Labute approximate surface area is 155 Å². The molecule has 0 saturated carbocycles. The van der Waals surface area contributed by atoms with E-state index in [1.54, 1.807) is 19.5 Å². The molecule has 6 nitrogen and oxygen atoms in total. The Morgan fingerprint density at radius 3 is 2.81 bits per heavy atom. The Balaban J connectivity index is 1.50. The number of rotatable bonds is 7. The molecule has 0 radical (unpaired) electrons. The van der Waals surface area contributed by atoms with Gasteiger partial charge in [-0.2, -0.15) is 0 Å². The van der Waals surface area contributed by atoms with Crippen LogP contribution in [0.3, 0.4) is 0 Å². The van der Waals surface area contributed by atoms with Gasteiger partial charge in [0.1, 0.15) is 5.82 Å². The Morgan fingerprint density at radius 2 is 2.12 bits per heavy atom. The third-order valence-corrected chi connectivity index (χ3v) is 5.17. The zero-order chi connectivity index (χ0) is 18.4. The SMILES string of the molecule is COCCn1c(C)cnc1CC1CCN(C(=O)Cc2cccnc2)CC1. The molecule has 0 unspecified atom stereocenters. The molecule has 1 aliphatic rings. The van der Waals surface area contributed by atoms with Gasteiger partial charge in [-0.15, -0.1) is 0 Å². The van der Waals surface area contributed by atoms with Crippen molar-refractivity contribution in [2.24, 2.45) is 5.92 Å². The number of aryl methyl sites for hydroxylation is 1. The van der Waals surface area contributed by atoms with Gasteiger partial charge in [-0.25, -0.2) is 4.98 Å². The second kappa shape index (κ2) is 8.94. The van der Waals surface area contributed by atoms with E-state index in [4.69, 9.17) is 4.74 Å².